The maximum atomic E-state index is 11.2. The number of aromatic nitrogens is 3. The molecule has 22 heavy (non-hydrogen) atoms. The number of hydrogen-bond acceptors (Lipinski definition) is 5. The molecule has 0 aromatic carbocycles. The van der Waals surface area contributed by atoms with E-state index in [1.807, 2.05) is 0 Å². The number of hydrogen-bond donors (Lipinski definition) is 1. The maximum Gasteiger partial charge on any atom is 0.316 e. The van der Waals surface area contributed by atoms with E-state index in [-0.39, 0.29) is 11.8 Å². The lowest BCUT2D eigenvalue weighted by molar-refractivity contribution is -0.384. The first kappa shape index (κ1) is 14.6. The van der Waals surface area contributed by atoms with E-state index < -0.39 is 4.92 Å². The van der Waals surface area contributed by atoms with E-state index in [2.05, 4.69) is 10.1 Å². The average molecular weight is 302 g/mol. The van der Waals surface area contributed by atoms with Crippen LogP contribution in [0.15, 0.2) is 30.6 Å². The van der Waals surface area contributed by atoms with Crippen LogP contribution in [0.4, 0.5) is 5.69 Å². The molecule has 1 saturated carbocycles. The van der Waals surface area contributed by atoms with Crippen LogP contribution >= 0.6 is 0 Å². The first-order chi connectivity index (χ1) is 10.6. The minimum Gasteiger partial charge on any atom is -0.393 e. The molecule has 1 fully saturated rings. The second kappa shape index (κ2) is 6.23. The standard InChI is InChI=1S/C15H18N4O3/c20-12-6-4-11(5-7-12)9-18-10-14(19(21)22)15(17-18)13-3-1-2-8-16-13/h1-3,8,10-12,20H,4-7,9H2. The monoisotopic (exact) mass is 302 g/mol. The van der Waals surface area contributed by atoms with E-state index in [4.69, 9.17) is 0 Å². The molecule has 1 aliphatic rings. The zero-order chi connectivity index (χ0) is 15.5. The summed E-state index contributed by atoms with van der Waals surface area (Å²) in [6.07, 6.45) is 6.31. The summed E-state index contributed by atoms with van der Waals surface area (Å²) >= 11 is 0. The number of pyridine rings is 1. The number of aliphatic hydroxyl groups is 1. The molecular weight excluding hydrogens is 284 g/mol. The van der Waals surface area contributed by atoms with Gasteiger partial charge in [-0.05, 0) is 43.7 Å². The molecule has 2 aromatic heterocycles. The van der Waals surface area contributed by atoms with Crippen LogP contribution in [-0.4, -0.2) is 30.9 Å². The van der Waals surface area contributed by atoms with Gasteiger partial charge in [0.05, 0.1) is 16.7 Å². The molecule has 3 rings (SSSR count). The number of nitro groups is 1. The van der Waals surface area contributed by atoms with Gasteiger partial charge in [0.1, 0.15) is 6.20 Å². The third kappa shape index (κ3) is 3.14. The molecule has 2 aromatic rings. The van der Waals surface area contributed by atoms with E-state index in [0.717, 1.165) is 25.7 Å². The first-order valence-corrected chi connectivity index (χ1v) is 7.45. The van der Waals surface area contributed by atoms with Crippen LogP contribution in [0.3, 0.4) is 0 Å². The van der Waals surface area contributed by atoms with E-state index in [9.17, 15) is 15.2 Å². The van der Waals surface area contributed by atoms with Crippen molar-refractivity contribution in [1.29, 1.82) is 0 Å². The molecule has 0 aliphatic heterocycles. The van der Waals surface area contributed by atoms with Crippen molar-refractivity contribution in [3.05, 3.63) is 40.7 Å². The van der Waals surface area contributed by atoms with Crippen molar-refractivity contribution in [2.45, 2.75) is 38.3 Å². The van der Waals surface area contributed by atoms with E-state index in [1.54, 1.807) is 29.1 Å². The lowest BCUT2D eigenvalue weighted by Crippen LogP contribution is -2.21. The molecule has 116 valence electrons. The van der Waals surface area contributed by atoms with Gasteiger partial charge in [0.15, 0.2) is 5.69 Å². The average Bonchev–Trinajstić information content (AvgIpc) is 2.95. The highest BCUT2D eigenvalue weighted by Crippen LogP contribution is 2.29. The van der Waals surface area contributed by atoms with Crippen LogP contribution in [0.1, 0.15) is 25.7 Å². The van der Waals surface area contributed by atoms with Gasteiger partial charge in [-0.1, -0.05) is 6.07 Å². The van der Waals surface area contributed by atoms with Crippen molar-refractivity contribution in [3.8, 4) is 11.4 Å². The fourth-order valence-corrected chi connectivity index (χ4v) is 2.92. The lowest BCUT2D eigenvalue weighted by atomic mass is 9.87. The summed E-state index contributed by atoms with van der Waals surface area (Å²) in [7, 11) is 0. The molecule has 7 heteroatoms. The molecule has 0 atom stereocenters. The second-order valence-corrected chi connectivity index (χ2v) is 5.73. The number of nitrogens with zero attached hydrogens (tertiary/aromatic N) is 4. The quantitative estimate of drug-likeness (QED) is 0.691. The summed E-state index contributed by atoms with van der Waals surface area (Å²) in [6.45, 7) is 0.639. The Morgan fingerprint density at radius 1 is 1.32 bits per heavy atom. The van der Waals surface area contributed by atoms with Gasteiger partial charge in [0.25, 0.3) is 0 Å². The zero-order valence-electron chi connectivity index (χ0n) is 12.1. The Balaban J connectivity index is 1.83. The molecule has 0 bridgehead atoms. The van der Waals surface area contributed by atoms with Crippen molar-refractivity contribution < 1.29 is 10.0 Å². The van der Waals surface area contributed by atoms with Crippen molar-refractivity contribution in [1.82, 2.24) is 14.8 Å². The van der Waals surface area contributed by atoms with Crippen molar-refractivity contribution in [3.63, 3.8) is 0 Å². The highest BCUT2D eigenvalue weighted by atomic mass is 16.6. The number of aliphatic hydroxyl groups excluding tert-OH is 1. The van der Waals surface area contributed by atoms with Crippen molar-refractivity contribution in [2.24, 2.45) is 5.92 Å². The molecule has 0 spiro atoms. The SMILES string of the molecule is O=[N+]([O-])c1cn(CC2CCC(O)CC2)nc1-c1ccccn1. The predicted octanol–water partition coefficient (Wildman–Crippen LogP) is 2.40. The van der Waals surface area contributed by atoms with Crippen molar-refractivity contribution in [2.75, 3.05) is 0 Å². The van der Waals surface area contributed by atoms with Crippen LogP contribution in [0, 0.1) is 16.0 Å². The summed E-state index contributed by atoms with van der Waals surface area (Å²) in [5, 5.41) is 25.1. The first-order valence-electron chi connectivity index (χ1n) is 7.45. The Morgan fingerprint density at radius 2 is 2.09 bits per heavy atom. The molecule has 7 nitrogen and oxygen atoms in total. The fraction of sp³-hybridized carbons (Fsp3) is 0.467. The van der Waals surface area contributed by atoms with Crippen LogP contribution in [0.5, 0.6) is 0 Å². The molecule has 0 saturated heterocycles. The van der Waals surface area contributed by atoms with Gasteiger partial charge in [0, 0.05) is 12.7 Å². The molecule has 2 heterocycles. The minimum atomic E-state index is -0.419. The Bertz CT molecular complexity index is 648. The molecule has 1 N–H and O–H groups in total. The third-order valence-electron chi connectivity index (χ3n) is 4.11. The van der Waals surface area contributed by atoms with E-state index >= 15 is 0 Å². The summed E-state index contributed by atoms with van der Waals surface area (Å²) < 4.78 is 1.64. The summed E-state index contributed by atoms with van der Waals surface area (Å²) in [6, 6.07) is 5.27. The van der Waals surface area contributed by atoms with Gasteiger partial charge in [-0.25, -0.2) is 0 Å². The molecule has 0 radical (unpaired) electrons. The largest absolute Gasteiger partial charge is 0.393 e. The Morgan fingerprint density at radius 3 is 2.73 bits per heavy atom. The minimum absolute atomic E-state index is 0.0189. The van der Waals surface area contributed by atoms with Gasteiger partial charge in [-0.2, -0.15) is 5.10 Å². The summed E-state index contributed by atoms with van der Waals surface area (Å²) in [5.41, 5.74) is 0.794. The summed E-state index contributed by atoms with van der Waals surface area (Å²) in [4.78, 5) is 15.0. The summed E-state index contributed by atoms with van der Waals surface area (Å²) in [5.74, 6) is 0.402. The van der Waals surface area contributed by atoms with Crippen LogP contribution in [0.25, 0.3) is 11.4 Å². The normalized spacial score (nSPS) is 21.7. The van der Waals surface area contributed by atoms with Crippen LogP contribution in [0.2, 0.25) is 0 Å². The molecule has 1 aliphatic carbocycles. The Hall–Kier alpha value is -2.28. The van der Waals surface area contributed by atoms with E-state index in [0.29, 0.717) is 23.9 Å². The Labute approximate surface area is 127 Å². The van der Waals surface area contributed by atoms with Gasteiger partial charge < -0.3 is 5.11 Å². The zero-order valence-corrected chi connectivity index (χ0v) is 12.1. The molecule has 0 amide bonds. The second-order valence-electron chi connectivity index (χ2n) is 5.73. The van der Waals surface area contributed by atoms with Crippen LogP contribution in [-0.2, 0) is 6.54 Å². The number of rotatable bonds is 4. The van der Waals surface area contributed by atoms with Gasteiger partial charge in [-0.3, -0.25) is 19.8 Å². The van der Waals surface area contributed by atoms with Crippen molar-refractivity contribution >= 4 is 5.69 Å². The predicted molar refractivity (Wildman–Crippen MR) is 80.1 cm³/mol. The van der Waals surface area contributed by atoms with Gasteiger partial charge in [-0.15, -0.1) is 0 Å². The van der Waals surface area contributed by atoms with E-state index in [1.165, 1.54) is 6.20 Å². The van der Waals surface area contributed by atoms with Gasteiger partial charge in [0.2, 0.25) is 0 Å². The maximum absolute atomic E-state index is 11.2. The Kier molecular flexibility index (Phi) is 4.15. The van der Waals surface area contributed by atoms with Gasteiger partial charge >= 0.3 is 5.69 Å². The molecule has 0 unspecified atom stereocenters. The smallest absolute Gasteiger partial charge is 0.316 e. The molecular formula is C15H18N4O3. The highest BCUT2D eigenvalue weighted by molar-refractivity contribution is 5.65. The topological polar surface area (TPSA) is 94.1 Å². The highest BCUT2D eigenvalue weighted by Gasteiger charge is 2.24. The van der Waals surface area contributed by atoms with Crippen LogP contribution < -0.4 is 0 Å². The third-order valence-corrected chi connectivity index (χ3v) is 4.11. The fourth-order valence-electron chi connectivity index (χ4n) is 2.92. The lowest BCUT2D eigenvalue weighted by Gasteiger charge is -2.24.